The van der Waals surface area contributed by atoms with Crippen LogP contribution in [0.5, 0.6) is 0 Å². The van der Waals surface area contributed by atoms with Gasteiger partial charge in [0.25, 0.3) is 11.8 Å². The van der Waals surface area contributed by atoms with Crippen LogP contribution in [0.1, 0.15) is 43.9 Å². The van der Waals surface area contributed by atoms with E-state index in [4.69, 9.17) is 0 Å². The first-order valence-corrected chi connectivity index (χ1v) is 18.7. The molecule has 0 spiro atoms. The fourth-order valence-corrected chi connectivity index (χ4v) is 8.75. The summed E-state index contributed by atoms with van der Waals surface area (Å²) in [6.45, 7) is 10.6. The zero-order chi connectivity index (χ0) is 35.9. The third kappa shape index (κ3) is 11.0. The number of amides is 2. The first-order chi connectivity index (χ1) is 24.0. The van der Waals surface area contributed by atoms with Crippen LogP contribution in [0.2, 0.25) is 0 Å². The Kier molecular flexibility index (Phi) is 18.3. The second kappa shape index (κ2) is 21.1. The number of carbonyl (C=O) groups is 2. The van der Waals surface area contributed by atoms with E-state index in [9.17, 15) is 19.8 Å². The van der Waals surface area contributed by atoms with Crippen LogP contribution in [0, 0.1) is 27.7 Å². The number of benzene rings is 4. The van der Waals surface area contributed by atoms with Crippen molar-refractivity contribution >= 4 is 71.5 Å². The van der Waals surface area contributed by atoms with Gasteiger partial charge in [0, 0.05) is 36.0 Å². The molecule has 2 aliphatic rings. The topological polar surface area (TPSA) is 137 Å². The Balaban J connectivity index is 0.000000347. The van der Waals surface area contributed by atoms with Gasteiger partial charge < -0.3 is 36.1 Å². The predicted molar refractivity (Wildman–Crippen MR) is 225 cm³/mol. The van der Waals surface area contributed by atoms with Crippen molar-refractivity contribution in [1.82, 2.24) is 10.6 Å². The van der Waals surface area contributed by atoms with Crippen molar-refractivity contribution in [2.45, 2.75) is 60.2 Å². The van der Waals surface area contributed by atoms with Crippen LogP contribution in [0.3, 0.4) is 0 Å². The molecule has 4 atom stereocenters. The van der Waals surface area contributed by atoms with E-state index in [1.54, 1.807) is 33.3 Å². The van der Waals surface area contributed by atoms with Gasteiger partial charge in [-0.1, -0.05) is 71.8 Å². The van der Waals surface area contributed by atoms with Crippen molar-refractivity contribution in [3.63, 3.8) is 0 Å². The summed E-state index contributed by atoms with van der Waals surface area (Å²) in [5, 5.41) is 27.2. The van der Waals surface area contributed by atoms with Gasteiger partial charge in [-0.2, -0.15) is 0 Å². The molecule has 288 valence electrons. The minimum atomic E-state index is -1.07. The maximum Gasteiger partial charge on any atom is 0.257 e. The zero-order valence-corrected chi connectivity index (χ0v) is 34.2. The average Bonchev–Trinajstić information content (AvgIpc) is 3.27. The van der Waals surface area contributed by atoms with Gasteiger partial charge >= 0.3 is 0 Å². The molecule has 4 unspecified atom stereocenters. The van der Waals surface area contributed by atoms with Crippen molar-refractivity contribution in [2.75, 3.05) is 50.1 Å². The highest BCUT2D eigenvalue weighted by Crippen LogP contribution is 2.47. The molecular formula is C40H52Cl2N4O5S2. The lowest BCUT2D eigenvalue weighted by atomic mass is 10.0. The largest absolute Gasteiger partial charge is 0.412 e. The number of aliphatic hydroxyl groups excluding tert-OH is 2. The average molecular weight is 804 g/mol. The monoisotopic (exact) mass is 802 g/mol. The SMILES string of the molecule is CNCCN1C(=O)C(O)C(c2ccc(C)cc2)Sc2cc(C)ccc21.CNCCN1C(=O)C(O)C(c2ccc(C)cc2)Sc2cc(C)ccc21.Cl.Cl.O. The second-order valence-corrected chi connectivity index (χ2v) is 15.3. The second-order valence-electron chi connectivity index (χ2n) is 12.9. The molecule has 0 aromatic heterocycles. The summed E-state index contributed by atoms with van der Waals surface area (Å²) in [7, 11) is 3.72. The van der Waals surface area contributed by atoms with E-state index < -0.39 is 12.2 Å². The first kappa shape index (κ1) is 46.1. The van der Waals surface area contributed by atoms with Crippen LogP contribution in [-0.2, 0) is 9.59 Å². The van der Waals surface area contributed by atoms with Crippen molar-refractivity contribution in [2.24, 2.45) is 0 Å². The molecule has 6 N–H and O–H groups in total. The minimum absolute atomic E-state index is 0. The third-order valence-electron chi connectivity index (χ3n) is 8.91. The van der Waals surface area contributed by atoms with Gasteiger partial charge in [-0.15, -0.1) is 48.3 Å². The molecule has 2 heterocycles. The Morgan fingerprint density at radius 3 is 1.21 bits per heavy atom. The summed E-state index contributed by atoms with van der Waals surface area (Å²) in [6, 6.07) is 28.3. The van der Waals surface area contributed by atoms with Gasteiger partial charge in [-0.05, 0) is 88.3 Å². The smallest absolute Gasteiger partial charge is 0.257 e. The summed E-state index contributed by atoms with van der Waals surface area (Å²) in [6.07, 6.45) is -2.14. The third-order valence-corrected chi connectivity index (χ3v) is 11.6. The number of hydrogen-bond acceptors (Lipinski definition) is 8. The highest BCUT2D eigenvalue weighted by Gasteiger charge is 2.38. The molecule has 0 fully saturated rings. The van der Waals surface area contributed by atoms with Crippen LogP contribution >= 0.6 is 48.3 Å². The Morgan fingerprint density at radius 1 is 0.566 bits per heavy atom. The highest BCUT2D eigenvalue weighted by molar-refractivity contribution is 8.00. The Morgan fingerprint density at radius 2 is 0.887 bits per heavy atom. The van der Waals surface area contributed by atoms with Gasteiger partial charge in [-0.3, -0.25) is 9.59 Å². The van der Waals surface area contributed by atoms with E-state index in [-0.39, 0.29) is 52.6 Å². The minimum Gasteiger partial charge on any atom is -0.412 e. The lowest BCUT2D eigenvalue weighted by molar-refractivity contribution is -0.127. The van der Waals surface area contributed by atoms with Gasteiger partial charge in [0.2, 0.25) is 0 Å². The number of anilines is 2. The van der Waals surface area contributed by atoms with Gasteiger partial charge in [0.1, 0.15) is 12.2 Å². The molecular weight excluding hydrogens is 752 g/mol. The molecule has 0 aliphatic carbocycles. The van der Waals surface area contributed by atoms with Crippen molar-refractivity contribution in [3.8, 4) is 0 Å². The molecule has 0 radical (unpaired) electrons. The van der Waals surface area contributed by atoms with Crippen molar-refractivity contribution < 1.29 is 25.3 Å². The molecule has 0 saturated heterocycles. The zero-order valence-electron chi connectivity index (χ0n) is 31.0. The maximum atomic E-state index is 13.0. The van der Waals surface area contributed by atoms with Crippen LogP contribution in [0.25, 0.3) is 0 Å². The quantitative estimate of drug-likeness (QED) is 0.167. The van der Waals surface area contributed by atoms with E-state index in [0.717, 1.165) is 54.5 Å². The number of aliphatic hydroxyl groups is 2. The van der Waals surface area contributed by atoms with Gasteiger partial charge in [0.15, 0.2) is 0 Å². The number of carbonyl (C=O) groups excluding carboxylic acids is 2. The molecule has 53 heavy (non-hydrogen) atoms. The van der Waals surface area contributed by atoms with Crippen LogP contribution in [0.4, 0.5) is 11.4 Å². The molecule has 2 amide bonds. The van der Waals surface area contributed by atoms with E-state index in [0.29, 0.717) is 26.2 Å². The maximum absolute atomic E-state index is 13.0. The lowest BCUT2D eigenvalue weighted by Gasteiger charge is -2.25. The lowest BCUT2D eigenvalue weighted by Crippen LogP contribution is -2.43. The number of hydrogen-bond donors (Lipinski definition) is 4. The number of aryl methyl sites for hydroxylation is 4. The van der Waals surface area contributed by atoms with Crippen LogP contribution in [0.15, 0.2) is 94.7 Å². The number of rotatable bonds is 8. The van der Waals surface area contributed by atoms with Crippen LogP contribution in [-0.4, -0.2) is 80.0 Å². The van der Waals surface area contributed by atoms with E-state index >= 15 is 0 Å². The summed E-state index contributed by atoms with van der Waals surface area (Å²) in [5.74, 6) is -0.480. The number of nitrogens with zero attached hydrogens (tertiary/aromatic N) is 2. The van der Waals surface area contributed by atoms with E-state index in [1.807, 2.05) is 115 Å². The summed E-state index contributed by atoms with van der Waals surface area (Å²) in [5.41, 5.74) is 8.32. The van der Waals surface area contributed by atoms with Gasteiger partial charge in [0.05, 0.1) is 21.9 Å². The molecule has 0 saturated carbocycles. The fraction of sp³-hybridized carbons (Fsp3) is 0.350. The molecule has 4 aromatic carbocycles. The number of fused-ring (bicyclic) bond motifs is 2. The van der Waals surface area contributed by atoms with E-state index in [1.165, 1.54) is 0 Å². The predicted octanol–water partition coefficient (Wildman–Crippen LogP) is 6.15. The molecule has 6 rings (SSSR count). The summed E-state index contributed by atoms with van der Waals surface area (Å²) < 4.78 is 0. The highest BCUT2D eigenvalue weighted by atomic mass is 35.5. The Hall–Kier alpha value is -3.10. The standard InChI is InChI=1S/2C20H24N2O2S.2ClH.H2O/c2*1-13-4-7-15(8-5-13)19-18(23)20(24)22(11-10-21-3)16-9-6-14(2)12-17(16)25-19;;;/h2*4-9,12,18-19,21,23H,10-11H2,1-3H3;2*1H;1H2. The number of nitrogens with one attached hydrogen (secondary N) is 2. The first-order valence-electron chi connectivity index (χ1n) is 17.0. The Labute approximate surface area is 334 Å². The molecule has 13 heteroatoms. The normalized spacial score (nSPS) is 19.2. The van der Waals surface area contributed by atoms with Crippen molar-refractivity contribution in [3.05, 3.63) is 118 Å². The number of halogens is 2. The van der Waals surface area contributed by atoms with Gasteiger partial charge in [-0.25, -0.2) is 0 Å². The fourth-order valence-electron chi connectivity index (χ4n) is 6.02. The van der Waals surface area contributed by atoms with Crippen molar-refractivity contribution in [1.29, 1.82) is 0 Å². The molecule has 2 aliphatic heterocycles. The van der Waals surface area contributed by atoms with Crippen LogP contribution < -0.4 is 20.4 Å². The number of likely N-dealkylation sites (N-methyl/N-ethyl adjacent to an activating group) is 2. The summed E-state index contributed by atoms with van der Waals surface area (Å²) in [4.78, 5) is 31.4. The summed E-state index contributed by atoms with van der Waals surface area (Å²) >= 11 is 3.13. The number of thioether (sulfide) groups is 2. The Bertz CT molecular complexity index is 1670. The molecule has 9 nitrogen and oxygen atoms in total. The molecule has 0 bridgehead atoms. The van der Waals surface area contributed by atoms with E-state index in [2.05, 4.69) is 22.8 Å². The molecule has 4 aromatic rings.